The Labute approximate surface area is 137 Å². The van der Waals surface area contributed by atoms with Crippen LogP contribution in [0.2, 0.25) is 0 Å². The van der Waals surface area contributed by atoms with Gasteiger partial charge < -0.3 is 4.74 Å². The van der Waals surface area contributed by atoms with Crippen molar-refractivity contribution in [3.05, 3.63) is 42.0 Å². The maximum Gasteiger partial charge on any atom is 0.438 e. The van der Waals surface area contributed by atoms with Crippen molar-refractivity contribution in [1.82, 2.24) is 0 Å². The van der Waals surface area contributed by atoms with Gasteiger partial charge in [0.15, 0.2) is 0 Å². The number of esters is 1. The topological polar surface area (TPSA) is 80.7 Å². The molecule has 12 heteroatoms. The number of carbonyl (C=O) groups excluding carboxylic acids is 1. The second-order valence-corrected chi connectivity index (χ2v) is 6.18. The Hall–Kier alpha value is -2.08. The lowest BCUT2D eigenvalue weighted by Gasteiger charge is -2.35. The third-order valence-corrected chi connectivity index (χ3v) is 3.74. The van der Waals surface area contributed by atoms with E-state index < -0.39 is 45.4 Å². The van der Waals surface area contributed by atoms with Crippen LogP contribution in [0.4, 0.5) is 26.3 Å². The molecule has 5 nitrogen and oxygen atoms in total. The van der Waals surface area contributed by atoms with Crippen LogP contribution < -0.4 is 0 Å². The number of hydrogen-bond acceptors (Lipinski definition) is 4. The molecule has 0 aliphatic carbocycles. The lowest BCUT2D eigenvalue weighted by atomic mass is 10.0. The first-order valence-corrected chi connectivity index (χ1v) is 7.79. The van der Waals surface area contributed by atoms with Crippen LogP contribution in [0.25, 0.3) is 6.08 Å². The highest BCUT2D eigenvalue weighted by Crippen LogP contribution is 2.47. The SMILES string of the molecule is C=Cc1ccccc1C(=O)OC(CS(=O)(=O)O)(C(F)(F)F)C(F)(F)F. The maximum absolute atomic E-state index is 13.1. The molecule has 1 N–H and O–H groups in total. The van der Waals surface area contributed by atoms with Crippen molar-refractivity contribution in [3.8, 4) is 0 Å². The van der Waals surface area contributed by atoms with E-state index >= 15 is 0 Å². The van der Waals surface area contributed by atoms with Gasteiger partial charge in [0.25, 0.3) is 10.1 Å². The fraction of sp³-hybridized carbons (Fsp3) is 0.308. The molecule has 1 aromatic carbocycles. The molecule has 0 spiro atoms. The van der Waals surface area contributed by atoms with Crippen molar-refractivity contribution < 1.29 is 48.8 Å². The van der Waals surface area contributed by atoms with E-state index in [1.807, 2.05) is 0 Å². The predicted octanol–water partition coefficient (Wildman–Crippen LogP) is 3.24. The Morgan fingerprint density at radius 1 is 1.12 bits per heavy atom. The van der Waals surface area contributed by atoms with Crippen molar-refractivity contribution in [3.63, 3.8) is 0 Å². The highest BCUT2D eigenvalue weighted by molar-refractivity contribution is 7.85. The van der Waals surface area contributed by atoms with Crippen molar-refractivity contribution in [2.24, 2.45) is 0 Å². The van der Waals surface area contributed by atoms with Crippen LogP contribution in [0.15, 0.2) is 30.8 Å². The number of carbonyl (C=O) groups is 1. The number of hydrogen-bond donors (Lipinski definition) is 1. The van der Waals surface area contributed by atoms with Gasteiger partial charge in [0.1, 0.15) is 5.75 Å². The summed E-state index contributed by atoms with van der Waals surface area (Å²) < 4.78 is 112. The normalized spacial score (nSPS) is 13.4. The fourth-order valence-corrected chi connectivity index (χ4v) is 2.70. The predicted molar refractivity (Wildman–Crippen MR) is 73.2 cm³/mol. The Kier molecular flexibility index (Phi) is 5.59. The van der Waals surface area contributed by atoms with Gasteiger partial charge in [-0.25, -0.2) is 4.79 Å². The molecular formula is C13H10F6O5S. The van der Waals surface area contributed by atoms with Crippen molar-refractivity contribution in [2.45, 2.75) is 18.0 Å². The second-order valence-electron chi connectivity index (χ2n) is 4.73. The van der Waals surface area contributed by atoms with Crippen LogP contribution in [0, 0.1) is 0 Å². The molecule has 0 fully saturated rings. The summed E-state index contributed by atoms with van der Waals surface area (Å²) in [6, 6.07) is 4.49. The van der Waals surface area contributed by atoms with E-state index in [2.05, 4.69) is 11.3 Å². The molecule has 140 valence electrons. The van der Waals surface area contributed by atoms with Gasteiger partial charge in [-0.1, -0.05) is 30.9 Å². The van der Waals surface area contributed by atoms with Crippen LogP contribution in [0.3, 0.4) is 0 Å². The van der Waals surface area contributed by atoms with E-state index in [4.69, 9.17) is 4.55 Å². The molecule has 0 unspecified atom stereocenters. The van der Waals surface area contributed by atoms with Crippen LogP contribution in [0.1, 0.15) is 15.9 Å². The van der Waals surface area contributed by atoms with Crippen molar-refractivity contribution in [1.29, 1.82) is 0 Å². The van der Waals surface area contributed by atoms with Crippen LogP contribution in [0.5, 0.6) is 0 Å². The van der Waals surface area contributed by atoms with Crippen LogP contribution >= 0.6 is 0 Å². The summed E-state index contributed by atoms with van der Waals surface area (Å²) >= 11 is 0. The van der Waals surface area contributed by atoms with Gasteiger partial charge >= 0.3 is 23.9 Å². The highest BCUT2D eigenvalue weighted by Gasteiger charge is 2.76. The Balaban J connectivity index is 3.53. The monoisotopic (exact) mass is 392 g/mol. The molecular weight excluding hydrogens is 382 g/mol. The van der Waals surface area contributed by atoms with Crippen molar-refractivity contribution in [2.75, 3.05) is 5.75 Å². The largest absolute Gasteiger partial charge is 0.438 e. The van der Waals surface area contributed by atoms with Gasteiger partial charge in [0, 0.05) is 0 Å². The van der Waals surface area contributed by atoms with Crippen LogP contribution in [-0.2, 0) is 14.9 Å². The molecule has 25 heavy (non-hydrogen) atoms. The van der Waals surface area contributed by atoms with Gasteiger partial charge in [-0.05, 0) is 11.6 Å². The summed E-state index contributed by atoms with van der Waals surface area (Å²) in [5.41, 5.74) is -6.29. The molecule has 0 radical (unpaired) electrons. The summed E-state index contributed by atoms with van der Waals surface area (Å²) in [4.78, 5) is 11.9. The van der Waals surface area contributed by atoms with E-state index in [9.17, 15) is 39.6 Å². The smallest absolute Gasteiger partial charge is 0.435 e. The molecule has 0 heterocycles. The molecule has 0 amide bonds. The molecule has 0 saturated heterocycles. The fourth-order valence-electron chi connectivity index (χ4n) is 1.80. The molecule has 0 aliphatic rings. The zero-order valence-electron chi connectivity index (χ0n) is 12.1. The molecule has 0 atom stereocenters. The first-order chi connectivity index (χ1) is 11.1. The lowest BCUT2D eigenvalue weighted by Crippen LogP contribution is -2.63. The van der Waals surface area contributed by atoms with Gasteiger partial charge in [-0.2, -0.15) is 34.8 Å². The van der Waals surface area contributed by atoms with E-state index in [-0.39, 0.29) is 5.56 Å². The van der Waals surface area contributed by atoms with E-state index in [1.54, 1.807) is 0 Å². The third-order valence-electron chi connectivity index (χ3n) is 2.97. The molecule has 0 aliphatic heterocycles. The molecule has 0 aromatic heterocycles. The Bertz CT molecular complexity index is 752. The minimum absolute atomic E-state index is 0.141. The summed E-state index contributed by atoms with van der Waals surface area (Å²) in [6.45, 7) is 3.24. The van der Waals surface area contributed by atoms with E-state index in [0.717, 1.165) is 24.3 Å². The molecule has 1 aromatic rings. The second kappa shape index (κ2) is 6.67. The maximum atomic E-state index is 13.1. The highest BCUT2D eigenvalue weighted by atomic mass is 32.2. The zero-order chi connectivity index (χ0) is 19.7. The molecule has 0 bridgehead atoms. The minimum Gasteiger partial charge on any atom is -0.435 e. The minimum atomic E-state index is -6.38. The van der Waals surface area contributed by atoms with E-state index in [1.165, 1.54) is 6.07 Å². The van der Waals surface area contributed by atoms with Gasteiger partial charge in [-0.3, -0.25) is 4.55 Å². The number of rotatable bonds is 5. The quantitative estimate of drug-likeness (QED) is 0.473. The average molecular weight is 392 g/mol. The number of halogens is 6. The summed E-state index contributed by atoms with van der Waals surface area (Å²) in [5, 5.41) is 0. The average Bonchev–Trinajstić information content (AvgIpc) is 2.42. The zero-order valence-corrected chi connectivity index (χ0v) is 12.9. The first kappa shape index (κ1) is 21.0. The summed E-state index contributed by atoms with van der Waals surface area (Å²) in [5.74, 6) is -5.02. The standard InChI is InChI=1S/C13H10F6O5S/c1-2-8-5-3-4-6-9(8)10(20)24-11(12(14,15)16,13(17,18)19)7-25(21,22)23/h2-6H,1,7H2,(H,21,22,23). The van der Waals surface area contributed by atoms with Crippen molar-refractivity contribution >= 4 is 22.2 Å². The van der Waals surface area contributed by atoms with Gasteiger partial charge in [-0.15, -0.1) is 0 Å². The molecule has 0 saturated carbocycles. The summed E-state index contributed by atoms with van der Waals surface area (Å²) in [6.07, 6.45) is -11.8. The first-order valence-electron chi connectivity index (χ1n) is 6.18. The van der Waals surface area contributed by atoms with Gasteiger partial charge in [0.05, 0.1) is 5.56 Å². The van der Waals surface area contributed by atoms with Crippen LogP contribution in [-0.4, -0.2) is 42.6 Å². The lowest BCUT2D eigenvalue weighted by molar-refractivity contribution is -0.356. The third kappa shape index (κ3) is 4.51. The summed E-state index contributed by atoms with van der Waals surface area (Å²) in [7, 11) is -5.83. The molecule has 1 rings (SSSR count). The number of benzene rings is 1. The number of alkyl halides is 6. The number of ether oxygens (including phenoxy) is 1. The Morgan fingerprint density at radius 3 is 2.00 bits per heavy atom. The van der Waals surface area contributed by atoms with Gasteiger partial charge in [0.2, 0.25) is 0 Å². The Morgan fingerprint density at radius 2 is 1.60 bits per heavy atom. The van der Waals surface area contributed by atoms with E-state index in [0.29, 0.717) is 0 Å².